The van der Waals surface area contributed by atoms with E-state index in [1.807, 2.05) is 32.9 Å². The highest BCUT2D eigenvalue weighted by Gasteiger charge is 2.07. The smallest absolute Gasteiger partial charge is 0.262 e. The summed E-state index contributed by atoms with van der Waals surface area (Å²) in [6.45, 7) is 5.81. The standard InChI is InChI=1S/C14H17N3O2/c1-9-4-10(2)6-12(5-9)19-8-14(18)16-13-7-15-17-11(13)3/h4-7H,8H2,1-3H3,(H,15,17)(H,16,18). The third-order valence-electron chi connectivity index (χ3n) is 2.67. The van der Waals surface area contributed by atoms with Crippen LogP contribution in [0.4, 0.5) is 5.69 Å². The lowest BCUT2D eigenvalue weighted by Crippen LogP contribution is -2.20. The summed E-state index contributed by atoms with van der Waals surface area (Å²) in [6, 6.07) is 5.87. The Morgan fingerprint density at radius 1 is 1.26 bits per heavy atom. The Balaban J connectivity index is 1.91. The second kappa shape index (κ2) is 5.56. The fourth-order valence-corrected chi connectivity index (χ4v) is 1.83. The Kier molecular flexibility index (Phi) is 3.85. The first-order chi connectivity index (χ1) is 9.04. The molecule has 1 aromatic heterocycles. The largest absolute Gasteiger partial charge is 0.484 e. The lowest BCUT2D eigenvalue weighted by Gasteiger charge is -2.08. The van der Waals surface area contributed by atoms with Gasteiger partial charge < -0.3 is 10.1 Å². The SMILES string of the molecule is Cc1cc(C)cc(OCC(=O)Nc2cn[nH]c2C)c1. The molecule has 2 N–H and O–H groups in total. The summed E-state index contributed by atoms with van der Waals surface area (Å²) in [7, 11) is 0. The summed E-state index contributed by atoms with van der Waals surface area (Å²) in [5.41, 5.74) is 3.72. The fourth-order valence-electron chi connectivity index (χ4n) is 1.83. The molecule has 0 spiro atoms. The maximum Gasteiger partial charge on any atom is 0.262 e. The molecule has 5 nitrogen and oxygen atoms in total. The number of aryl methyl sites for hydroxylation is 3. The molecule has 0 radical (unpaired) electrons. The lowest BCUT2D eigenvalue weighted by molar-refractivity contribution is -0.118. The minimum absolute atomic E-state index is 0.0203. The molecule has 5 heteroatoms. The van der Waals surface area contributed by atoms with Crippen LogP contribution in [0, 0.1) is 20.8 Å². The van der Waals surface area contributed by atoms with Gasteiger partial charge in [0.2, 0.25) is 0 Å². The predicted molar refractivity (Wildman–Crippen MR) is 73.4 cm³/mol. The normalized spacial score (nSPS) is 10.3. The Bertz CT molecular complexity index is 570. The van der Waals surface area contributed by atoms with Gasteiger partial charge in [0, 0.05) is 0 Å². The Hall–Kier alpha value is -2.30. The Morgan fingerprint density at radius 3 is 2.53 bits per heavy atom. The van der Waals surface area contributed by atoms with E-state index in [4.69, 9.17) is 4.74 Å². The topological polar surface area (TPSA) is 67.0 Å². The average Bonchev–Trinajstić information content (AvgIpc) is 2.71. The number of aromatic amines is 1. The van der Waals surface area contributed by atoms with E-state index in [0.29, 0.717) is 11.4 Å². The highest BCUT2D eigenvalue weighted by Crippen LogP contribution is 2.16. The van der Waals surface area contributed by atoms with Crippen LogP contribution in [0.15, 0.2) is 24.4 Å². The van der Waals surface area contributed by atoms with E-state index < -0.39 is 0 Å². The van der Waals surface area contributed by atoms with Crippen molar-refractivity contribution < 1.29 is 9.53 Å². The van der Waals surface area contributed by atoms with E-state index in [2.05, 4.69) is 21.6 Å². The number of hydrogen-bond acceptors (Lipinski definition) is 3. The number of H-pyrrole nitrogens is 1. The van der Waals surface area contributed by atoms with Gasteiger partial charge in [-0.05, 0) is 44.0 Å². The minimum atomic E-state index is -0.205. The van der Waals surface area contributed by atoms with Gasteiger partial charge in [0.15, 0.2) is 6.61 Å². The highest BCUT2D eigenvalue weighted by molar-refractivity contribution is 5.92. The van der Waals surface area contributed by atoms with Gasteiger partial charge in [-0.1, -0.05) is 6.07 Å². The number of benzene rings is 1. The molecule has 0 aliphatic carbocycles. The van der Waals surface area contributed by atoms with E-state index >= 15 is 0 Å². The summed E-state index contributed by atoms with van der Waals surface area (Å²) in [6.07, 6.45) is 1.57. The number of carbonyl (C=O) groups excluding carboxylic acids is 1. The fraction of sp³-hybridized carbons (Fsp3) is 0.286. The van der Waals surface area contributed by atoms with E-state index in [9.17, 15) is 4.79 Å². The monoisotopic (exact) mass is 259 g/mol. The van der Waals surface area contributed by atoms with Crippen molar-refractivity contribution in [1.82, 2.24) is 10.2 Å². The number of nitrogens with zero attached hydrogens (tertiary/aromatic N) is 1. The van der Waals surface area contributed by atoms with E-state index in [0.717, 1.165) is 16.8 Å². The van der Waals surface area contributed by atoms with Gasteiger partial charge in [0.25, 0.3) is 5.91 Å². The molecule has 1 aromatic carbocycles. The van der Waals surface area contributed by atoms with Crippen LogP contribution in [0.1, 0.15) is 16.8 Å². The van der Waals surface area contributed by atoms with E-state index in [-0.39, 0.29) is 12.5 Å². The number of ether oxygens (including phenoxy) is 1. The number of anilines is 1. The second-order valence-electron chi connectivity index (χ2n) is 4.57. The maximum absolute atomic E-state index is 11.7. The third kappa shape index (κ3) is 3.58. The first-order valence-corrected chi connectivity index (χ1v) is 6.05. The molecule has 1 heterocycles. The van der Waals surface area contributed by atoms with E-state index in [1.165, 1.54) is 0 Å². The first kappa shape index (κ1) is 13.1. The van der Waals surface area contributed by atoms with Crippen LogP contribution in [-0.4, -0.2) is 22.7 Å². The molecule has 100 valence electrons. The van der Waals surface area contributed by atoms with Crippen LogP contribution >= 0.6 is 0 Å². The maximum atomic E-state index is 11.7. The van der Waals surface area contributed by atoms with Crippen LogP contribution in [0.25, 0.3) is 0 Å². The molecule has 0 aliphatic rings. The molecule has 2 aromatic rings. The molecule has 0 fully saturated rings. The number of carbonyl (C=O) groups is 1. The van der Waals surface area contributed by atoms with Crippen LogP contribution in [-0.2, 0) is 4.79 Å². The van der Waals surface area contributed by atoms with Crippen LogP contribution in [0.3, 0.4) is 0 Å². The molecule has 0 unspecified atom stereocenters. The van der Waals surface area contributed by atoms with Crippen molar-refractivity contribution in [1.29, 1.82) is 0 Å². The van der Waals surface area contributed by atoms with Crippen molar-refractivity contribution in [3.8, 4) is 5.75 Å². The number of aromatic nitrogens is 2. The molecule has 0 bridgehead atoms. The number of amides is 1. The molecule has 2 rings (SSSR count). The van der Waals surface area contributed by atoms with Gasteiger partial charge in [0.1, 0.15) is 5.75 Å². The van der Waals surface area contributed by atoms with Gasteiger partial charge in [0.05, 0.1) is 17.6 Å². The molecule has 0 atom stereocenters. The molecular formula is C14H17N3O2. The van der Waals surface area contributed by atoms with Crippen molar-refractivity contribution >= 4 is 11.6 Å². The summed E-state index contributed by atoms with van der Waals surface area (Å²) >= 11 is 0. The zero-order valence-electron chi connectivity index (χ0n) is 11.3. The van der Waals surface area contributed by atoms with Gasteiger partial charge >= 0.3 is 0 Å². The summed E-state index contributed by atoms with van der Waals surface area (Å²) in [4.78, 5) is 11.7. The van der Waals surface area contributed by atoms with Gasteiger partial charge in [-0.25, -0.2) is 0 Å². The van der Waals surface area contributed by atoms with Crippen molar-refractivity contribution in [3.05, 3.63) is 41.2 Å². The molecule has 1 amide bonds. The number of nitrogens with one attached hydrogen (secondary N) is 2. The van der Waals surface area contributed by atoms with Crippen LogP contribution in [0.2, 0.25) is 0 Å². The Morgan fingerprint density at radius 2 is 1.95 bits per heavy atom. The second-order valence-corrected chi connectivity index (χ2v) is 4.57. The minimum Gasteiger partial charge on any atom is -0.484 e. The van der Waals surface area contributed by atoms with Gasteiger partial charge in [-0.2, -0.15) is 5.10 Å². The molecule has 0 aliphatic heterocycles. The third-order valence-corrected chi connectivity index (χ3v) is 2.67. The van der Waals surface area contributed by atoms with Crippen molar-refractivity contribution in [2.45, 2.75) is 20.8 Å². The summed E-state index contributed by atoms with van der Waals surface area (Å²) in [5, 5.41) is 9.32. The highest BCUT2D eigenvalue weighted by atomic mass is 16.5. The average molecular weight is 259 g/mol. The Labute approximate surface area is 112 Å². The summed E-state index contributed by atoms with van der Waals surface area (Å²) in [5.74, 6) is 0.500. The van der Waals surface area contributed by atoms with Crippen molar-refractivity contribution in [3.63, 3.8) is 0 Å². The lowest BCUT2D eigenvalue weighted by atomic mass is 10.1. The quantitative estimate of drug-likeness (QED) is 0.885. The van der Waals surface area contributed by atoms with Crippen LogP contribution < -0.4 is 10.1 Å². The van der Waals surface area contributed by atoms with Crippen molar-refractivity contribution in [2.24, 2.45) is 0 Å². The van der Waals surface area contributed by atoms with Crippen molar-refractivity contribution in [2.75, 3.05) is 11.9 Å². The zero-order valence-corrected chi connectivity index (χ0v) is 11.3. The first-order valence-electron chi connectivity index (χ1n) is 6.05. The molecule has 0 saturated carbocycles. The molecule has 19 heavy (non-hydrogen) atoms. The van der Waals surface area contributed by atoms with Gasteiger partial charge in [-0.3, -0.25) is 9.89 Å². The molecular weight excluding hydrogens is 242 g/mol. The number of rotatable bonds is 4. The zero-order chi connectivity index (χ0) is 13.8. The predicted octanol–water partition coefficient (Wildman–Crippen LogP) is 2.35. The molecule has 0 saturated heterocycles. The van der Waals surface area contributed by atoms with Crippen LogP contribution in [0.5, 0.6) is 5.75 Å². The summed E-state index contributed by atoms with van der Waals surface area (Å²) < 4.78 is 5.48. The van der Waals surface area contributed by atoms with E-state index in [1.54, 1.807) is 6.20 Å². The number of hydrogen-bond donors (Lipinski definition) is 2. The van der Waals surface area contributed by atoms with Gasteiger partial charge in [-0.15, -0.1) is 0 Å².